The number of para-hydroxylation sites is 2. The van der Waals surface area contributed by atoms with Crippen molar-refractivity contribution in [3.05, 3.63) is 47.1 Å². The number of pyridine rings is 1. The maximum atomic E-state index is 12.6. The zero-order chi connectivity index (χ0) is 17.7. The summed E-state index contributed by atoms with van der Waals surface area (Å²) in [5.41, 5.74) is -0.999. The molecule has 0 bridgehead atoms. The molecule has 0 atom stereocenters. The third-order valence-electron chi connectivity index (χ3n) is 2.70. The van der Waals surface area contributed by atoms with Crippen LogP contribution in [0.15, 0.2) is 36.5 Å². The lowest BCUT2D eigenvalue weighted by molar-refractivity contribution is -0.213. The molecule has 0 N–H and O–H groups in total. The number of nitrogens with zero attached hydrogens (tertiary/aromatic N) is 1. The molecule has 0 saturated heterocycles. The van der Waals surface area contributed by atoms with Crippen molar-refractivity contribution in [2.75, 3.05) is 0 Å². The van der Waals surface area contributed by atoms with Crippen LogP contribution in [0.4, 0.5) is 13.2 Å². The molecule has 5 nitrogen and oxygen atoms in total. The Morgan fingerprint density at radius 3 is 2.50 bits per heavy atom. The van der Waals surface area contributed by atoms with Gasteiger partial charge in [0.15, 0.2) is 5.75 Å². The normalized spacial score (nSPS) is 11.0. The van der Waals surface area contributed by atoms with Crippen LogP contribution in [0, 0.1) is 0 Å². The quantitative estimate of drug-likeness (QED) is 0.566. The number of benzene rings is 1. The fraction of sp³-hybridized carbons (Fsp3) is 0.200. The highest BCUT2D eigenvalue weighted by Crippen LogP contribution is 2.37. The molecule has 0 unspecified atom stereocenters. The Balaban J connectivity index is 2.21. The minimum absolute atomic E-state index is 0.0389. The molecule has 9 heteroatoms. The molecule has 1 aromatic carbocycles. The zero-order valence-corrected chi connectivity index (χ0v) is 13.0. The van der Waals surface area contributed by atoms with E-state index in [0.717, 1.165) is 0 Å². The van der Waals surface area contributed by atoms with E-state index in [2.05, 4.69) is 9.87 Å². The van der Waals surface area contributed by atoms with Crippen LogP contribution in [-0.4, -0.2) is 11.0 Å². The Morgan fingerprint density at radius 2 is 1.92 bits per heavy atom. The van der Waals surface area contributed by atoms with E-state index in [4.69, 9.17) is 21.2 Å². The van der Waals surface area contributed by atoms with Crippen LogP contribution in [-0.2, 0) is 15.9 Å². The van der Waals surface area contributed by atoms with Crippen molar-refractivity contribution in [2.24, 2.45) is 0 Å². The zero-order valence-electron chi connectivity index (χ0n) is 12.3. The number of aromatic nitrogens is 1. The van der Waals surface area contributed by atoms with E-state index in [0.29, 0.717) is 12.3 Å². The van der Waals surface area contributed by atoms with Crippen LogP contribution >= 0.6 is 11.6 Å². The van der Waals surface area contributed by atoms with Gasteiger partial charge in [-0.15, -0.1) is 0 Å². The van der Waals surface area contributed by atoms with Gasteiger partial charge in [0.2, 0.25) is 11.6 Å². The van der Waals surface area contributed by atoms with Crippen LogP contribution in [0.25, 0.3) is 0 Å². The van der Waals surface area contributed by atoms with Crippen molar-refractivity contribution in [2.45, 2.75) is 19.5 Å². The maximum Gasteiger partial charge on any atom is 0.417 e. The Morgan fingerprint density at radius 1 is 1.25 bits per heavy atom. The first-order chi connectivity index (χ1) is 11.3. The van der Waals surface area contributed by atoms with Crippen LogP contribution in [0.5, 0.6) is 17.4 Å². The highest BCUT2D eigenvalue weighted by Gasteiger charge is 2.32. The Kier molecular flexibility index (Phi) is 5.50. The topological polar surface area (TPSA) is 57.7 Å². The second kappa shape index (κ2) is 7.39. The number of carbonyl (C=O) groups excluding carboxylic acids is 1. The van der Waals surface area contributed by atoms with E-state index < -0.39 is 17.7 Å². The van der Waals surface area contributed by atoms with E-state index in [1.165, 1.54) is 12.1 Å². The predicted molar refractivity (Wildman–Crippen MR) is 77.8 cm³/mol. The van der Waals surface area contributed by atoms with Crippen molar-refractivity contribution < 1.29 is 32.5 Å². The fourth-order valence-corrected chi connectivity index (χ4v) is 1.72. The Hall–Kier alpha value is -2.48. The molecule has 0 amide bonds. The summed E-state index contributed by atoms with van der Waals surface area (Å²) in [5.74, 6) is -0.745. The minimum Gasteiger partial charge on any atom is -0.433 e. The largest absolute Gasteiger partial charge is 0.433 e. The minimum atomic E-state index is -4.56. The van der Waals surface area contributed by atoms with Crippen molar-refractivity contribution in [3.63, 3.8) is 0 Å². The van der Waals surface area contributed by atoms with Gasteiger partial charge >= 0.3 is 12.1 Å². The first-order valence-corrected chi connectivity index (χ1v) is 7.06. The van der Waals surface area contributed by atoms with Gasteiger partial charge in [0.05, 0.1) is 5.56 Å². The van der Waals surface area contributed by atoms with E-state index in [9.17, 15) is 18.0 Å². The Bertz CT molecular complexity index is 737. The van der Waals surface area contributed by atoms with Gasteiger partial charge in [-0.2, -0.15) is 13.2 Å². The number of hydrogen-bond acceptors (Lipinski definition) is 5. The number of rotatable bonds is 5. The number of carbonyl (C=O) groups is 1. The number of alkyl halides is 3. The van der Waals surface area contributed by atoms with Crippen molar-refractivity contribution in [3.8, 4) is 17.4 Å². The molecule has 0 aliphatic heterocycles. The average molecular weight is 362 g/mol. The Labute approximate surface area is 139 Å². The average Bonchev–Trinajstić information content (AvgIpc) is 2.54. The summed E-state index contributed by atoms with van der Waals surface area (Å²) in [6, 6.07) is 6.76. The number of halogens is 4. The predicted octanol–water partition coefficient (Wildman–Crippen LogP) is 4.79. The van der Waals surface area contributed by atoms with Gasteiger partial charge < -0.3 is 4.74 Å². The number of ether oxygens (including phenoxy) is 1. The summed E-state index contributed by atoms with van der Waals surface area (Å²) < 4.78 is 43.1. The molecule has 1 heterocycles. The van der Waals surface area contributed by atoms with Gasteiger partial charge in [0.1, 0.15) is 5.02 Å². The summed E-state index contributed by atoms with van der Waals surface area (Å²) in [6.07, 6.45) is -3.86. The molecule has 0 spiro atoms. The molecule has 2 aromatic rings. The van der Waals surface area contributed by atoms with Crippen LogP contribution in [0.1, 0.15) is 18.9 Å². The lowest BCUT2D eigenvalue weighted by atomic mass is 10.3. The summed E-state index contributed by atoms with van der Waals surface area (Å²) >= 11 is 5.77. The highest BCUT2D eigenvalue weighted by molar-refractivity contribution is 6.31. The summed E-state index contributed by atoms with van der Waals surface area (Å²) in [5, 5.41) is -0.329. The van der Waals surface area contributed by atoms with Gasteiger partial charge in [-0.25, -0.2) is 9.78 Å². The molecule has 1 aromatic heterocycles. The molecule has 128 valence electrons. The molecule has 0 radical (unpaired) electrons. The smallest absolute Gasteiger partial charge is 0.417 e. The summed E-state index contributed by atoms with van der Waals surface area (Å²) in [4.78, 5) is 24.1. The molecular weight excluding hydrogens is 351 g/mol. The van der Waals surface area contributed by atoms with Crippen LogP contribution in [0.2, 0.25) is 5.02 Å². The molecular formula is C15H11ClF3NO4. The van der Waals surface area contributed by atoms with Gasteiger partial charge in [-0.05, 0) is 18.2 Å². The third kappa shape index (κ3) is 4.51. The maximum absolute atomic E-state index is 12.6. The van der Waals surface area contributed by atoms with E-state index in [-0.39, 0.29) is 28.8 Å². The van der Waals surface area contributed by atoms with Gasteiger partial charge in [-0.3, -0.25) is 9.78 Å². The molecule has 0 aliphatic rings. The first kappa shape index (κ1) is 17.9. The third-order valence-corrected chi connectivity index (χ3v) is 2.97. The first-order valence-electron chi connectivity index (χ1n) is 6.68. The lowest BCUT2D eigenvalue weighted by Gasteiger charge is -2.12. The van der Waals surface area contributed by atoms with Crippen molar-refractivity contribution >= 4 is 17.6 Å². The van der Waals surface area contributed by atoms with Gasteiger partial charge in [0, 0.05) is 12.6 Å². The van der Waals surface area contributed by atoms with E-state index >= 15 is 0 Å². The molecule has 24 heavy (non-hydrogen) atoms. The van der Waals surface area contributed by atoms with Crippen LogP contribution < -0.4 is 9.62 Å². The standard InChI is InChI=1S/C15H11ClF3NO4/c1-2-13(21)24-23-12-6-4-3-5-11(12)22-14-10(16)7-9(8-20-14)15(17,18)19/h3-8H,2H2,1H3. The second-order valence-electron chi connectivity index (χ2n) is 4.45. The van der Waals surface area contributed by atoms with Gasteiger partial charge in [0.25, 0.3) is 0 Å². The van der Waals surface area contributed by atoms with E-state index in [1.54, 1.807) is 19.1 Å². The fourth-order valence-electron chi connectivity index (χ4n) is 1.51. The molecule has 0 fully saturated rings. The SMILES string of the molecule is CCC(=O)OOc1ccccc1Oc1ncc(C(F)(F)F)cc1Cl. The summed E-state index contributed by atoms with van der Waals surface area (Å²) in [7, 11) is 0. The molecule has 0 saturated carbocycles. The second-order valence-corrected chi connectivity index (χ2v) is 4.86. The van der Waals surface area contributed by atoms with Gasteiger partial charge in [-0.1, -0.05) is 30.7 Å². The van der Waals surface area contributed by atoms with Crippen LogP contribution in [0.3, 0.4) is 0 Å². The number of hydrogen-bond donors (Lipinski definition) is 0. The lowest BCUT2D eigenvalue weighted by Crippen LogP contribution is -2.07. The summed E-state index contributed by atoms with van der Waals surface area (Å²) in [6.45, 7) is 1.58. The molecule has 2 rings (SSSR count). The molecule has 0 aliphatic carbocycles. The van der Waals surface area contributed by atoms with Crippen molar-refractivity contribution in [1.82, 2.24) is 4.98 Å². The monoisotopic (exact) mass is 361 g/mol. The highest BCUT2D eigenvalue weighted by atomic mass is 35.5. The van der Waals surface area contributed by atoms with E-state index in [1.807, 2.05) is 0 Å². The van der Waals surface area contributed by atoms with Crippen molar-refractivity contribution in [1.29, 1.82) is 0 Å².